The minimum Gasteiger partial charge on any atom is -0.461 e. The van der Waals surface area contributed by atoms with Crippen molar-refractivity contribution in [2.45, 2.75) is 95.9 Å². The second-order valence-electron chi connectivity index (χ2n) is 11.9. The number of nitrogens with zero attached hydrogens (tertiary/aromatic N) is 3. The highest BCUT2D eigenvalue weighted by molar-refractivity contribution is 7.52. The molecule has 0 spiro atoms. The minimum atomic E-state index is -4.35. The number of ether oxygens (including phenoxy) is 4. The number of aromatic nitrogens is 3. The third-order valence-corrected chi connectivity index (χ3v) is 9.65. The average Bonchev–Trinajstić information content (AvgIpc) is 3.57. The van der Waals surface area contributed by atoms with Crippen molar-refractivity contribution in [2.24, 2.45) is 0 Å². The molecule has 3 N–H and O–H groups in total. The predicted molar refractivity (Wildman–Crippen MR) is 167 cm³/mol. The van der Waals surface area contributed by atoms with Crippen LogP contribution in [0.5, 0.6) is 5.75 Å². The fourth-order valence-electron chi connectivity index (χ4n) is 5.81. The van der Waals surface area contributed by atoms with E-state index < -0.39 is 62.2 Å². The minimum absolute atomic E-state index is 0.206. The lowest BCUT2D eigenvalue weighted by molar-refractivity contribution is -0.169. The molecule has 0 amide bonds. The third-order valence-electron chi connectivity index (χ3n) is 8.02. The molecule has 2 aromatic heterocycles. The highest BCUT2D eigenvalue weighted by Crippen LogP contribution is 2.50. The number of carbonyl (C=O) groups is 3. The number of nitrogens with two attached hydrogens (primary N) is 1. The van der Waals surface area contributed by atoms with Crippen molar-refractivity contribution in [1.82, 2.24) is 19.7 Å². The molecule has 3 heterocycles. The zero-order chi connectivity index (χ0) is 33.8. The monoisotopic (exact) mass is 673 g/mol. The number of hydrogen-bond donors (Lipinski definition) is 2. The normalized spacial score (nSPS) is 25.1. The van der Waals surface area contributed by atoms with E-state index in [4.69, 9.17) is 33.7 Å². The zero-order valence-corrected chi connectivity index (χ0v) is 27.6. The fourth-order valence-corrected chi connectivity index (χ4v) is 7.40. The Bertz CT molecular complexity index is 1630. The second kappa shape index (κ2) is 14.4. The summed E-state index contributed by atoms with van der Waals surface area (Å²) in [5, 5.41) is 6.96. The Morgan fingerprint density at radius 3 is 2.45 bits per heavy atom. The molecular weight excluding hydrogens is 633 g/mol. The van der Waals surface area contributed by atoms with E-state index in [9.17, 15) is 18.9 Å². The standard InChI is InChI=1S/C31H40N5O10P/c1-19(30(39)44-22-11-7-5-8-12-22)35-47(40,46-23-13-9-6-10-14-23)41-17-31(4)28(43-21(3)38)27(42-20(2)37)26(45-31)24-15-16-25-29(32)33-18-34-36(24)25/h6,9-10,13-16,18-19,22,26-28H,5,7-8,11-12,17H2,1-4H3,(H,35,40)(H2,32,33,34)/t19-,26-,27-,28-,31+,47-/m0/s1. The van der Waals surface area contributed by atoms with E-state index in [1.54, 1.807) is 49.4 Å². The summed E-state index contributed by atoms with van der Waals surface area (Å²) in [5.41, 5.74) is 5.35. The van der Waals surface area contributed by atoms with Crippen LogP contribution in [0.4, 0.5) is 5.82 Å². The number of benzene rings is 1. The van der Waals surface area contributed by atoms with Gasteiger partial charge in [0.15, 0.2) is 18.0 Å². The van der Waals surface area contributed by atoms with Crippen LogP contribution in [0, 0.1) is 0 Å². The molecule has 15 nitrogen and oxygen atoms in total. The van der Waals surface area contributed by atoms with Gasteiger partial charge in [0.05, 0.1) is 12.3 Å². The Morgan fingerprint density at radius 2 is 1.77 bits per heavy atom. The van der Waals surface area contributed by atoms with Crippen LogP contribution < -0.4 is 15.3 Å². The van der Waals surface area contributed by atoms with Gasteiger partial charge in [0.2, 0.25) is 0 Å². The van der Waals surface area contributed by atoms with Gasteiger partial charge in [-0.3, -0.25) is 18.9 Å². The molecule has 1 saturated heterocycles. The zero-order valence-electron chi connectivity index (χ0n) is 26.7. The van der Waals surface area contributed by atoms with Crippen molar-refractivity contribution >= 4 is 37.0 Å². The summed E-state index contributed by atoms with van der Waals surface area (Å²) in [7, 11) is -4.35. The van der Waals surface area contributed by atoms with Gasteiger partial charge in [0.1, 0.15) is 41.4 Å². The molecule has 47 heavy (non-hydrogen) atoms. The fraction of sp³-hybridized carbons (Fsp3) is 0.516. The molecular formula is C31H40N5O10P. The number of fused-ring (bicyclic) bond motifs is 1. The van der Waals surface area contributed by atoms with Crippen LogP contribution in [-0.4, -0.2) is 69.1 Å². The maximum absolute atomic E-state index is 14.4. The van der Waals surface area contributed by atoms with E-state index in [2.05, 4.69) is 15.2 Å². The van der Waals surface area contributed by atoms with Crippen molar-refractivity contribution < 1.29 is 46.9 Å². The molecule has 16 heteroatoms. The van der Waals surface area contributed by atoms with Gasteiger partial charge in [-0.15, -0.1) is 0 Å². The summed E-state index contributed by atoms with van der Waals surface area (Å²) in [6.45, 7) is 4.97. The summed E-state index contributed by atoms with van der Waals surface area (Å²) in [5.74, 6) is -1.54. The highest BCUT2D eigenvalue weighted by Gasteiger charge is 2.58. The quantitative estimate of drug-likeness (QED) is 0.159. The highest BCUT2D eigenvalue weighted by atomic mass is 31.2. The maximum Gasteiger partial charge on any atom is 0.459 e. The lowest BCUT2D eigenvalue weighted by atomic mass is 9.96. The molecule has 1 aliphatic heterocycles. The first-order valence-electron chi connectivity index (χ1n) is 15.5. The first-order valence-corrected chi connectivity index (χ1v) is 17.0. The van der Waals surface area contributed by atoms with Crippen molar-refractivity contribution in [2.75, 3.05) is 12.3 Å². The molecule has 1 saturated carbocycles. The largest absolute Gasteiger partial charge is 0.461 e. The maximum atomic E-state index is 14.4. The smallest absolute Gasteiger partial charge is 0.459 e. The summed E-state index contributed by atoms with van der Waals surface area (Å²) in [4.78, 5) is 41.7. The Hall–Kier alpha value is -4.04. The van der Waals surface area contributed by atoms with Gasteiger partial charge in [-0.1, -0.05) is 24.6 Å². The topological polar surface area (TPSA) is 192 Å². The van der Waals surface area contributed by atoms with Gasteiger partial charge in [0, 0.05) is 13.8 Å². The first-order chi connectivity index (χ1) is 22.4. The molecule has 0 bridgehead atoms. The van der Waals surface area contributed by atoms with Crippen molar-refractivity contribution in [1.29, 1.82) is 0 Å². The number of nitrogens with one attached hydrogen (secondary N) is 1. The number of rotatable bonds is 12. The SMILES string of the molecule is CC(=O)O[C@H]1[C@H](c2ccc3c(N)ncnn23)O[C@](C)(CO[P@@](=O)(N[C@@H](C)C(=O)OC2CCCCC2)Oc2ccccc2)[C@H]1OC(C)=O. The van der Waals surface area contributed by atoms with Gasteiger partial charge >= 0.3 is 25.7 Å². The van der Waals surface area contributed by atoms with Crippen molar-refractivity contribution in [3.05, 3.63) is 54.5 Å². The number of esters is 3. The van der Waals surface area contributed by atoms with E-state index in [1.165, 1.54) is 31.6 Å². The van der Waals surface area contributed by atoms with E-state index in [-0.39, 0.29) is 17.7 Å². The number of anilines is 1. The summed E-state index contributed by atoms with van der Waals surface area (Å²) in [6, 6.07) is 10.6. The van der Waals surface area contributed by atoms with Gasteiger partial charge in [0.25, 0.3) is 0 Å². The Labute approximate surface area is 272 Å². The summed E-state index contributed by atoms with van der Waals surface area (Å²) >= 11 is 0. The van der Waals surface area contributed by atoms with Crippen molar-refractivity contribution in [3.63, 3.8) is 0 Å². The molecule has 3 aromatic rings. The molecule has 2 aliphatic rings. The number of carbonyl (C=O) groups excluding carboxylic acids is 3. The number of para-hydroxylation sites is 1. The second-order valence-corrected chi connectivity index (χ2v) is 13.6. The molecule has 2 fully saturated rings. The lowest BCUT2D eigenvalue weighted by Crippen LogP contribution is -2.48. The Morgan fingerprint density at radius 1 is 1.06 bits per heavy atom. The van der Waals surface area contributed by atoms with E-state index in [0.29, 0.717) is 11.2 Å². The molecule has 1 aromatic carbocycles. The predicted octanol–water partition coefficient (Wildman–Crippen LogP) is 4.06. The van der Waals surface area contributed by atoms with Crippen LogP contribution in [0.15, 0.2) is 48.8 Å². The van der Waals surface area contributed by atoms with Crippen LogP contribution in [0.1, 0.15) is 71.6 Å². The van der Waals surface area contributed by atoms with Crippen LogP contribution in [-0.2, 0) is 42.4 Å². The molecule has 0 unspecified atom stereocenters. The first kappa shape index (κ1) is 34.3. The number of nitrogen functional groups attached to an aromatic ring is 1. The Balaban J connectivity index is 1.43. The number of hydrogen-bond acceptors (Lipinski definition) is 13. The van der Waals surface area contributed by atoms with E-state index >= 15 is 0 Å². The molecule has 254 valence electrons. The van der Waals surface area contributed by atoms with Gasteiger partial charge in [-0.05, 0) is 63.8 Å². The molecule has 0 radical (unpaired) electrons. The van der Waals surface area contributed by atoms with Crippen LogP contribution in [0.3, 0.4) is 0 Å². The third kappa shape index (κ3) is 8.10. The summed E-state index contributed by atoms with van der Waals surface area (Å²) in [6.07, 6.45) is 2.14. The van der Waals surface area contributed by atoms with E-state index in [0.717, 1.165) is 32.1 Å². The van der Waals surface area contributed by atoms with Crippen LogP contribution in [0.2, 0.25) is 0 Å². The van der Waals surface area contributed by atoms with Crippen LogP contribution >= 0.6 is 7.75 Å². The molecule has 5 rings (SSSR count). The van der Waals surface area contributed by atoms with Crippen molar-refractivity contribution in [3.8, 4) is 5.75 Å². The summed E-state index contributed by atoms with van der Waals surface area (Å²) < 4.78 is 51.1. The van der Waals surface area contributed by atoms with Gasteiger partial charge in [-0.25, -0.2) is 14.1 Å². The van der Waals surface area contributed by atoms with E-state index in [1.807, 2.05) is 0 Å². The Kier molecular flexibility index (Phi) is 10.5. The molecule has 1 aliphatic carbocycles. The van der Waals surface area contributed by atoms with Crippen LogP contribution in [0.25, 0.3) is 5.52 Å². The van der Waals surface area contributed by atoms with Gasteiger partial charge in [-0.2, -0.15) is 10.2 Å². The average molecular weight is 674 g/mol. The van der Waals surface area contributed by atoms with Gasteiger partial charge < -0.3 is 29.2 Å². The molecule has 6 atom stereocenters. The lowest BCUT2D eigenvalue weighted by Gasteiger charge is -2.32.